The van der Waals surface area contributed by atoms with E-state index in [1.165, 1.54) is 15.8 Å². The van der Waals surface area contributed by atoms with Gasteiger partial charge in [0.25, 0.3) is 11.6 Å². The predicted octanol–water partition coefficient (Wildman–Crippen LogP) is 5.74. The zero-order chi connectivity index (χ0) is 25.8. The van der Waals surface area contributed by atoms with Crippen LogP contribution in [0.5, 0.6) is 0 Å². The lowest BCUT2D eigenvalue weighted by atomic mass is 10.0. The van der Waals surface area contributed by atoms with Crippen LogP contribution in [0.1, 0.15) is 52.0 Å². The number of amides is 2. The van der Waals surface area contributed by atoms with E-state index in [4.69, 9.17) is 0 Å². The molecular weight excluding hydrogens is 462 g/mol. The van der Waals surface area contributed by atoms with Gasteiger partial charge in [0.05, 0.1) is 11.5 Å². The minimum absolute atomic E-state index is 0.116. The first-order valence-electron chi connectivity index (χ1n) is 11.4. The summed E-state index contributed by atoms with van der Waals surface area (Å²) in [6.07, 6.45) is 0. The minimum atomic E-state index is -0.676. The molecule has 0 aliphatic heterocycles. The number of thiophene rings is 1. The summed E-state index contributed by atoms with van der Waals surface area (Å²) in [6, 6.07) is 18.2. The number of carbonyl (C=O) groups is 2. The van der Waals surface area contributed by atoms with E-state index < -0.39 is 16.4 Å². The van der Waals surface area contributed by atoms with Crippen molar-refractivity contribution >= 4 is 28.8 Å². The molecule has 0 spiro atoms. The van der Waals surface area contributed by atoms with Crippen molar-refractivity contribution in [3.8, 4) is 0 Å². The molecule has 0 radical (unpaired) electrons. The van der Waals surface area contributed by atoms with Gasteiger partial charge in [-0.3, -0.25) is 19.7 Å². The lowest BCUT2D eigenvalue weighted by Crippen LogP contribution is -2.51. The van der Waals surface area contributed by atoms with Crippen molar-refractivity contribution in [1.29, 1.82) is 0 Å². The number of hydrogen-bond donors (Lipinski definition) is 0. The van der Waals surface area contributed by atoms with E-state index >= 15 is 0 Å². The summed E-state index contributed by atoms with van der Waals surface area (Å²) < 4.78 is 0. The first kappa shape index (κ1) is 26.1. The number of aryl methyl sites for hydroxylation is 2. The molecule has 2 amide bonds. The molecule has 3 aromatic rings. The second kappa shape index (κ2) is 10.8. The number of nitrogens with zero attached hydrogens (tertiary/aromatic N) is 3. The van der Waals surface area contributed by atoms with E-state index in [1.54, 1.807) is 35.3 Å². The zero-order valence-corrected chi connectivity index (χ0v) is 21.6. The standard InChI is InChI=1S/C27H31N3O4S/c1-19-11-13-22(15-24(19)30(33)34)26(32)29(27(3,4)5)18-25(31)28(16-21-9-7-6-8-10-21)17-23-14-12-20(2)35-23/h6-15H,16-18H2,1-5H3. The molecule has 35 heavy (non-hydrogen) atoms. The quantitative estimate of drug-likeness (QED) is 0.296. The van der Waals surface area contributed by atoms with Crippen molar-refractivity contribution in [2.45, 2.75) is 53.2 Å². The second-order valence-corrected chi connectivity index (χ2v) is 10.9. The molecule has 3 rings (SSSR count). The summed E-state index contributed by atoms with van der Waals surface area (Å²) in [6.45, 7) is 9.93. The van der Waals surface area contributed by atoms with Crippen molar-refractivity contribution in [3.05, 3.63) is 97.2 Å². The van der Waals surface area contributed by atoms with Gasteiger partial charge in [0.1, 0.15) is 6.54 Å². The topological polar surface area (TPSA) is 83.8 Å². The maximum absolute atomic E-state index is 13.6. The van der Waals surface area contributed by atoms with E-state index in [2.05, 4.69) is 0 Å². The molecule has 0 fully saturated rings. The Bertz CT molecular complexity index is 1210. The molecule has 8 heteroatoms. The molecule has 0 unspecified atom stereocenters. The Morgan fingerprint density at radius 1 is 0.971 bits per heavy atom. The molecule has 0 atom stereocenters. The van der Waals surface area contributed by atoms with Gasteiger partial charge in [-0.1, -0.05) is 36.4 Å². The van der Waals surface area contributed by atoms with Crippen LogP contribution in [0.2, 0.25) is 0 Å². The Hall–Kier alpha value is -3.52. The fraction of sp³-hybridized carbons (Fsp3) is 0.333. The molecule has 1 heterocycles. The number of carbonyl (C=O) groups excluding carboxylic acids is 2. The van der Waals surface area contributed by atoms with Gasteiger partial charge in [-0.15, -0.1) is 11.3 Å². The van der Waals surface area contributed by atoms with Crippen LogP contribution in [0.3, 0.4) is 0 Å². The van der Waals surface area contributed by atoms with Crippen LogP contribution >= 0.6 is 11.3 Å². The summed E-state index contributed by atoms with van der Waals surface area (Å²) in [5.41, 5.74) is 0.870. The molecule has 1 aromatic heterocycles. The van der Waals surface area contributed by atoms with Gasteiger partial charge in [-0.25, -0.2) is 0 Å². The summed E-state index contributed by atoms with van der Waals surface area (Å²) in [5, 5.41) is 11.4. The highest BCUT2D eigenvalue weighted by Crippen LogP contribution is 2.24. The molecule has 0 saturated carbocycles. The molecular formula is C27H31N3O4S. The molecule has 7 nitrogen and oxygen atoms in total. The van der Waals surface area contributed by atoms with Crippen LogP contribution in [0.15, 0.2) is 60.7 Å². The molecule has 0 saturated heterocycles. The van der Waals surface area contributed by atoms with E-state index in [0.717, 1.165) is 10.4 Å². The number of nitro groups is 1. The van der Waals surface area contributed by atoms with Crippen LogP contribution in [-0.4, -0.2) is 38.6 Å². The van der Waals surface area contributed by atoms with Crippen LogP contribution < -0.4 is 0 Å². The highest BCUT2D eigenvalue weighted by Gasteiger charge is 2.32. The average Bonchev–Trinajstić information content (AvgIpc) is 3.21. The SMILES string of the molecule is Cc1ccc(CN(Cc2ccccc2)C(=O)CN(C(=O)c2ccc(C)c([N+](=O)[O-])c2)C(C)(C)C)s1. The fourth-order valence-corrected chi connectivity index (χ4v) is 4.64. The third kappa shape index (κ3) is 6.76. The van der Waals surface area contributed by atoms with Crippen molar-refractivity contribution in [2.75, 3.05) is 6.54 Å². The maximum atomic E-state index is 13.6. The van der Waals surface area contributed by atoms with Crippen LogP contribution in [0, 0.1) is 24.0 Å². The lowest BCUT2D eigenvalue weighted by Gasteiger charge is -2.37. The Kier molecular flexibility index (Phi) is 8.07. The largest absolute Gasteiger partial charge is 0.332 e. The van der Waals surface area contributed by atoms with E-state index in [-0.39, 0.29) is 23.7 Å². The Morgan fingerprint density at radius 2 is 1.66 bits per heavy atom. The summed E-state index contributed by atoms with van der Waals surface area (Å²) in [5.74, 6) is -0.606. The normalized spacial score (nSPS) is 11.2. The summed E-state index contributed by atoms with van der Waals surface area (Å²) in [4.78, 5) is 43.5. The molecule has 0 aliphatic rings. The highest BCUT2D eigenvalue weighted by atomic mass is 32.1. The summed E-state index contributed by atoms with van der Waals surface area (Å²) >= 11 is 1.64. The first-order valence-corrected chi connectivity index (χ1v) is 12.2. The van der Waals surface area contributed by atoms with Gasteiger partial charge in [-0.2, -0.15) is 0 Å². The second-order valence-electron chi connectivity index (χ2n) is 9.57. The Labute approximate surface area is 210 Å². The lowest BCUT2D eigenvalue weighted by molar-refractivity contribution is -0.385. The van der Waals surface area contributed by atoms with Gasteiger partial charge >= 0.3 is 0 Å². The molecule has 0 aliphatic carbocycles. The number of benzene rings is 2. The van der Waals surface area contributed by atoms with Crippen LogP contribution in [0.25, 0.3) is 0 Å². The van der Waals surface area contributed by atoms with Gasteiger partial charge in [0.15, 0.2) is 0 Å². The van der Waals surface area contributed by atoms with Crippen LogP contribution in [-0.2, 0) is 17.9 Å². The molecule has 184 valence electrons. The van der Waals surface area contributed by atoms with Gasteiger partial charge in [0, 0.05) is 39.0 Å². The third-order valence-corrected chi connectivity index (χ3v) is 6.70. The third-order valence-electron chi connectivity index (χ3n) is 5.71. The van der Waals surface area contributed by atoms with E-state index in [0.29, 0.717) is 18.7 Å². The number of rotatable bonds is 8. The monoisotopic (exact) mass is 493 g/mol. The summed E-state index contributed by atoms with van der Waals surface area (Å²) in [7, 11) is 0. The zero-order valence-electron chi connectivity index (χ0n) is 20.8. The van der Waals surface area contributed by atoms with E-state index in [9.17, 15) is 19.7 Å². The van der Waals surface area contributed by atoms with Crippen molar-refractivity contribution < 1.29 is 14.5 Å². The van der Waals surface area contributed by atoms with Crippen molar-refractivity contribution in [2.24, 2.45) is 0 Å². The molecule has 2 aromatic carbocycles. The number of hydrogen-bond acceptors (Lipinski definition) is 5. The maximum Gasteiger partial charge on any atom is 0.273 e. The fourth-order valence-electron chi connectivity index (χ4n) is 3.74. The predicted molar refractivity (Wildman–Crippen MR) is 138 cm³/mol. The molecule has 0 bridgehead atoms. The van der Waals surface area contributed by atoms with Gasteiger partial charge in [0.2, 0.25) is 5.91 Å². The molecule has 0 N–H and O–H groups in total. The van der Waals surface area contributed by atoms with Crippen LogP contribution in [0.4, 0.5) is 5.69 Å². The van der Waals surface area contributed by atoms with Crippen molar-refractivity contribution in [1.82, 2.24) is 9.80 Å². The average molecular weight is 494 g/mol. The minimum Gasteiger partial charge on any atom is -0.332 e. The van der Waals surface area contributed by atoms with E-state index in [1.807, 2.05) is 70.2 Å². The first-order chi connectivity index (χ1) is 16.5. The smallest absolute Gasteiger partial charge is 0.273 e. The van der Waals surface area contributed by atoms with Gasteiger partial charge < -0.3 is 9.80 Å². The van der Waals surface area contributed by atoms with Gasteiger partial charge in [-0.05, 0) is 58.4 Å². The number of nitro benzene ring substituents is 1. The Morgan fingerprint density at radius 3 is 2.23 bits per heavy atom. The highest BCUT2D eigenvalue weighted by molar-refractivity contribution is 7.11. The van der Waals surface area contributed by atoms with Crippen molar-refractivity contribution in [3.63, 3.8) is 0 Å². The Balaban J connectivity index is 1.89.